The Hall–Kier alpha value is -1.30. The smallest absolute Gasteiger partial charge is 0.187 e. The van der Waals surface area contributed by atoms with E-state index < -0.39 is 0 Å². The van der Waals surface area contributed by atoms with Crippen LogP contribution in [0.2, 0.25) is 5.02 Å². The second-order valence-corrected chi connectivity index (χ2v) is 5.58. The number of methoxy groups -OCH3 is 1. The highest BCUT2D eigenvalue weighted by molar-refractivity contribution is 7.13. The number of hydrogen-bond acceptors (Lipinski definition) is 5. The Balaban J connectivity index is 2.04. The van der Waals surface area contributed by atoms with E-state index in [2.05, 4.69) is 22.5 Å². The molecule has 1 aromatic heterocycles. The van der Waals surface area contributed by atoms with Gasteiger partial charge in [-0.2, -0.15) is 0 Å². The molecule has 0 saturated carbocycles. The van der Waals surface area contributed by atoms with Crippen LogP contribution in [0, 0.1) is 0 Å². The van der Waals surface area contributed by atoms with Gasteiger partial charge in [-0.1, -0.05) is 18.5 Å². The maximum Gasteiger partial charge on any atom is 0.187 e. The molecule has 0 radical (unpaired) electrons. The fourth-order valence-electron chi connectivity index (χ4n) is 1.73. The number of anilines is 2. The molecule has 2 N–H and O–H groups in total. The molecule has 0 unspecified atom stereocenters. The molecule has 20 heavy (non-hydrogen) atoms. The molecular weight excluding hydrogens is 294 g/mol. The van der Waals surface area contributed by atoms with Crippen molar-refractivity contribution in [3.05, 3.63) is 34.3 Å². The molecule has 1 heterocycles. The average molecular weight is 312 g/mol. The van der Waals surface area contributed by atoms with Gasteiger partial charge in [-0.15, -0.1) is 11.3 Å². The lowest BCUT2D eigenvalue weighted by molar-refractivity contribution is 0.417. The van der Waals surface area contributed by atoms with Gasteiger partial charge in [-0.25, -0.2) is 4.98 Å². The van der Waals surface area contributed by atoms with Crippen molar-refractivity contribution >= 4 is 33.8 Å². The minimum absolute atomic E-state index is 0.662. The topological polar surface area (TPSA) is 46.2 Å². The van der Waals surface area contributed by atoms with Gasteiger partial charge in [0.15, 0.2) is 5.13 Å². The van der Waals surface area contributed by atoms with E-state index in [1.807, 2.05) is 17.5 Å². The van der Waals surface area contributed by atoms with E-state index in [0.717, 1.165) is 41.8 Å². The minimum atomic E-state index is 0.662. The summed E-state index contributed by atoms with van der Waals surface area (Å²) in [5.74, 6) is 0.746. The maximum absolute atomic E-state index is 6.01. The van der Waals surface area contributed by atoms with Gasteiger partial charge in [0, 0.05) is 16.9 Å². The van der Waals surface area contributed by atoms with Crippen molar-refractivity contribution < 1.29 is 4.74 Å². The summed E-state index contributed by atoms with van der Waals surface area (Å²) in [6, 6.07) is 5.46. The molecule has 0 aliphatic carbocycles. The Labute approximate surface area is 128 Å². The van der Waals surface area contributed by atoms with Crippen LogP contribution in [-0.4, -0.2) is 18.6 Å². The van der Waals surface area contributed by atoms with Crippen LogP contribution in [0.3, 0.4) is 0 Å². The highest BCUT2D eigenvalue weighted by Crippen LogP contribution is 2.31. The van der Waals surface area contributed by atoms with E-state index in [1.54, 1.807) is 24.5 Å². The predicted molar refractivity (Wildman–Crippen MR) is 85.4 cm³/mol. The third-order valence-corrected chi connectivity index (χ3v) is 3.73. The van der Waals surface area contributed by atoms with Gasteiger partial charge in [-0.3, -0.25) is 0 Å². The van der Waals surface area contributed by atoms with Crippen LogP contribution in [0.1, 0.15) is 19.0 Å². The van der Waals surface area contributed by atoms with Gasteiger partial charge in [0.25, 0.3) is 0 Å². The van der Waals surface area contributed by atoms with Crippen LogP contribution in [0.15, 0.2) is 23.6 Å². The third-order valence-electron chi connectivity index (χ3n) is 2.69. The standard InChI is InChI=1S/C14H18ClN3OS/c1-3-6-16-8-11-9-20-14(17-11)18-12-7-10(15)4-5-13(12)19-2/h4-5,7,9,16H,3,6,8H2,1-2H3,(H,17,18). The van der Waals surface area contributed by atoms with Crippen molar-refractivity contribution in [1.82, 2.24) is 10.3 Å². The fraction of sp³-hybridized carbons (Fsp3) is 0.357. The molecule has 0 aliphatic rings. The summed E-state index contributed by atoms with van der Waals surface area (Å²) in [5, 5.41) is 10.1. The largest absolute Gasteiger partial charge is 0.495 e. The van der Waals surface area contributed by atoms with Crippen molar-refractivity contribution in [1.29, 1.82) is 0 Å². The molecule has 0 fully saturated rings. The molecule has 0 spiro atoms. The van der Waals surface area contributed by atoms with Crippen molar-refractivity contribution in [2.24, 2.45) is 0 Å². The lowest BCUT2D eigenvalue weighted by Gasteiger charge is -2.09. The van der Waals surface area contributed by atoms with Crippen molar-refractivity contribution in [2.75, 3.05) is 19.0 Å². The van der Waals surface area contributed by atoms with E-state index in [9.17, 15) is 0 Å². The monoisotopic (exact) mass is 311 g/mol. The van der Waals surface area contributed by atoms with Gasteiger partial charge in [0.1, 0.15) is 5.75 Å². The molecular formula is C14H18ClN3OS. The number of thiazole rings is 1. The zero-order chi connectivity index (χ0) is 14.4. The number of aromatic nitrogens is 1. The number of ether oxygens (including phenoxy) is 1. The van der Waals surface area contributed by atoms with Crippen LogP contribution >= 0.6 is 22.9 Å². The molecule has 6 heteroatoms. The van der Waals surface area contributed by atoms with Gasteiger partial charge >= 0.3 is 0 Å². The van der Waals surface area contributed by atoms with Crippen LogP contribution in [-0.2, 0) is 6.54 Å². The molecule has 0 atom stereocenters. The van der Waals surface area contributed by atoms with Gasteiger partial charge in [-0.05, 0) is 31.2 Å². The summed E-state index contributed by atoms with van der Waals surface area (Å²) < 4.78 is 5.30. The Morgan fingerprint density at radius 2 is 2.25 bits per heavy atom. The van der Waals surface area contributed by atoms with E-state index in [1.165, 1.54) is 0 Å². The Kier molecular flexibility index (Phi) is 5.64. The summed E-state index contributed by atoms with van der Waals surface area (Å²) in [6.45, 7) is 3.94. The molecule has 0 aliphatic heterocycles. The molecule has 0 bridgehead atoms. The number of hydrogen-bond donors (Lipinski definition) is 2. The molecule has 0 amide bonds. The van der Waals surface area contributed by atoms with Gasteiger partial charge in [0.2, 0.25) is 0 Å². The average Bonchev–Trinajstić information content (AvgIpc) is 2.87. The van der Waals surface area contributed by atoms with Crippen LogP contribution in [0.4, 0.5) is 10.8 Å². The van der Waals surface area contributed by atoms with E-state index >= 15 is 0 Å². The first-order chi connectivity index (χ1) is 9.72. The van der Waals surface area contributed by atoms with E-state index in [-0.39, 0.29) is 0 Å². The number of nitrogens with one attached hydrogen (secondary N) is 2. The number of benzene rings is 1. The first kappa shape index (κ1) is 15.1. The van der Waals surface area contributed by atoms with Crippen LogP contribution in [0.5, 0.6) is 5.75 Å². The van der Waals surface area contributed by atoms with Crippen molar-refractivity contribution in [2.45, 2.75) is 19.9 Å². The maximum atomic E-state index is 6.01. The highest BCUT2D eigenvalue weighted by atomic mass is 35.5. The number of halogens is 1. The minimum Gasteiger partial charge on any atom is -0.495 e. The Morgan fingerprint density at radius 1 is 1.40 bits per heavy atom. The van der Waals surface area contributed by atoms with Gasteiger partial charge < -0.3 is 15.4 Å². The molecule has 1 aromatic carbocycles. The quantitative estimate of drug-likeness (QED) is 0.757. The summed E-state index contributed by atoms with van der Waals surface area (Å²) in [4.78, 5) is 4.53. The molecule has 108 valence electrons. The fourth-order valence-corrected chi connectivity index (χ4v) is 2.63. The first-order valence-electron chi connectivity index (χ1n) is 6.48. The zero-order valence-corrected chi connectivity index (χ0v) is 13.1. The van der Waals surface area contributed by atoms with Crippen LogP contribution < -0.4 is 15.4 Å². The molecule has 4 nitrogen and oxygen atoms in total. The number of nitrogens with zero attached hydrogens (tertiary/aromatic N) is 1. The SMILES string of the molecule is CCCNCc1csc(Nc2cc(Cl)ccc2OC)n1. The lowest BCUT2D eigenvalue weighted by Crippen LogP contribution is -2.13. The number of rotatable bonds is 7. The Bertz CT molecular complexity index is 559. The molecule has 2 aromatic rings. The first-order valence-corrected chi connectivity index (χ1v) is 7.74. The van der Waals surface area contributed by atoms with Crippen molar-refractivity contribution in [3.8, 4) is 5.75 Å². The normalized spacial score (nSPS) is 10.6. The summed E-state index contributed by atoms with van der Waals surface area (Å²) in [7, 11) is 1.64. The summed E-state index contributed by atoms with van der Waals surface area (Å²) in [5.41, 5.74) is 1.86. The lowest BCUT2D eigenvalue weighted by atomic mass is 10.3. The second kappa shape index (κ2) is 7.47. The third kappa shape index (κ3) is 4.10. The zero-order valence-electron chi connectivity index (χ0n) is 11.6. The second-order valence-electron chi connectivity index (χ2n) is 4.29. The molecule has 0 saturated heterocycles. The Morgan fingerprint density at radius 3 is 3.00 bits per heavy atom. The van der Waals surface area contributed by atoms with Crippen LogP contribution in [0.25, 0.3) is 0 Å². The molecule has 2 rings (SSSR count). The highest BCUT2D eigenvalue weighted by Gasteiger charge is 2.07. The summed E-state index contributed by atoms with van der Waals surface area (Å²) in [6.07, 6.45) is 1.12. The summed E-state index contributed by atoms with van der Waals surface area (Å²) >= 11 is 7.57. The van der Waals surface area contributed by atoms with E-state index in [4.69, 9.17) is 16.3 Å². The van der Waals surface area contributed by atoms with E-state index in [0.29, 0.717) is 5.02 Å². The van der Waals surface area contributed by atoms with Gasteiger partial charge in [0.05, 0.1) is 18.5 Å². The predicted octanol–water partition coefficient (Wildman–Crippen LogP) is 4.05. The van der Waals surface area contributed by atoms with Crippen molar-refractivity contribution in [3.63, 3.8) is 0 Å².